The molecule has 0 aliphatic carbocycles. The van der Waals surface area contributed by atoms with Gasteiger partial charge in [0.25, 0.3) is 0 Å². The Labute approximate surface area is 128 Å². The summed E-state index contributed by atoms with van der Waals surface area (Å²) in [7, 11) is 0. The second-order valence-electron chi connectivity index (χ2n) is 3.54. The number of hydrogen-bond donors (Lipinski definition) is 2. The summed E-state index contributed by atoms with van der Waals surface area (Å²) in [4.78, 5) is 7.82. The first-order chi connectivity index (χ1) is 8.97. The Morgan fingerprint density at radius 3 is 2.53 bits per heavy atom. The Morgan fingerprint density at radius 1 is 1.16 bits per heavy atom. The van der Waals surface area contributed by atoms with Gasteiger partial charge in [0.15, 0.2) is 5.16 Å². The molecular weight excluding hydrogens is 329 g/mol. The van der Waals surface area contributed by atoms with E-state index in [2.05, 4.69) is 9.97 Å². The molecule has 0 aliphatic rings. The summed E-state index contributed by atoms with van der Waals surface area (Å²) in [5.41, 5.74) is 6.20. The number of nitrogen functional groups attached to an aromatic ring is 1. The molecule has 0 spiro atoms. The number of benzene rings is 1. The highest BCUT2D eigenvalue weighted by molar-refractivity contribution is 7.98. The van der Waals surface area contributed by atoms with E-state index in [1.54, 1.807) is 12.1 Å². The molecule has 1 aromatic carbocycles. The van der Waals surface area contributed by atoms with Gasteiger partial charge in [-0.05, 0) is 12.1 Å². The summed E-state index contributed by atoms with van der Waals surface area (Å²) >= 11 is 19.3. The van der Waals surface area contributed by atoms with Crippen molar-refractivity contribution in [3.05, 3.63) is 38.8 Å². The maximum Gasteiger partial charge on any atom is 0.216 e. The van der Waals surface area contributed by atoms with Gasteiger partial charge < -0.3 is 10.8 Å². The van der Waals surface area contributed by atoms with Crippen LogP contribution in [0.25, 0.3) is 0 Å². The molecule has 19 heavy (non-hydrogen) atoms. The molecular formula is C11H8Cl3N3OS. The minimum atomic E-state index is -0.182. The molecule has 2 aromatic rings. The van der Waals surface area contributed by atoms with Crippen LogP contribution < -0.4 is 5.73 Å². The van der Waals surface area contributed by atoms with Gasteiger partial charge in [-0.15, -0.1) is 0 Å². The quantitative estimate of drug-likeness (QED) is 0.503. The molecule has 8 heteroatoms. The van der Waals surface area contributed by atoms with E-state index in [9.17, 15) is 5.11 Å². The molecule has 1 heterocycles. The predicted molar refractivity (Wildman–Crippen MR) is 79.1 cm³/mol. The lowest BCUT2D eigenvalue weighted by Crippen LogP contribution is -1.95. The second-order valence-corrected chi connectivity index (χ2v) is 5.68. The van der Waals surface area contributed by atoms with Gasteiger partial charge in [0.1, 0.15) is 5.82 Å². The topological polar surface area (TPSA) is 72.0 Å². The number of nitrogens with zero attached hydrogens (tertiary/aromatic N) is 2. The summed E-state index contributed by atoms with van der Waals surface area (Å²) in [5, 5.41) is 11.0. The fraction of sp³-hybridized carbons (Fsp3) is 0.0909. The van der Waals surface area contributed by atoms with Crippen LogP contribution >= 0.6 is 46.6 Å². The first-order valence-electron chi connectivity index (χ1n) is 5.06. The lowest BCUT2D eigenvalue weighted by atomic mass is 10.2. The van der Waals surface area contributed by atoms with E-state index >= 15 is 0 Å². The number of anilines is 1. The SMILES string of the molecule is Nc1cc(O)nc(SCc2c(Cl)ccc(Cl)c2Cl)n1. The lowest BCUT2D eigenvalue weighted by molar-refractivity contribution is 0.446. The molecule has 0 amide bonds. The molecule has 0 saturated heterocycles. The summed E-state index contributed by atoms with van der Waals surface area (Å²) < 4.78 is 0. The van der Waals surface area contributed by atoms with Crippen LogP contribution in [-0.4, -0.2) is 15.1 Å². The fourth-order valence-corrected chi connectivity index (χ4v) is 3.07. The zero-order valence-corrected chi connectivity index (χ0v) is 12.5. The first-order valence-corrected chi connectivity index (χ1v) is 7.18. The molecule has 0 radical (unpaired) electrons. The van der Waals surface area contributed by atoms with Crippen molar-refractivity contribution in [1.29, 1.82) is 0 Å². The van der Waals surface area contributed by atoms with E-state index in [0.717, 1.165) is 0 Å². The van der Waals surface area contributed by atoms with E-state index < -0.39 is 0 Å². The maximum absolute atomic E-state index is 9.33. The monoisotopic (exact) mass is 335 g/mol. The predicted octanol–water partition coefficient (Wildman–Crippen LogP) is 4.02. The maximum atomic E-state index is 9.33. The largest absolute Gasteiger partial charge is 0.493 e. The van der Waals surface area contributed by atoms with Gasteiger partial charge in [-0.1, -0.05) is 46.6 Å². The van der Waals surface area contributed by atoms with Crippen molar-refractivity contribution >= 4 is 52.4 Å². The van der Waals surface area contributed by atoms with Gasteiger partial charge in [-0.2, -0.15) is 4.98 Å². The van der Waals surface area contributed by atoms with Crippen molar-refractivity contribution in [3.63, 3.8) is 0 Å². The van der Waals surface area contributed by atoms with Gasteiger partial charge in [-0.25, -0.2) is 4.98 Å². The highest BCUT2D eigenvalue weighted by Crippen LogP contribution is 2.35. The van der Waals surface area contributed by atoms with Gasteiger partial charge >= 0.3 is 0 Å². The second kappa shape index (κ2) is 6.05. The van der Waals surface area contributed by atoms with E-state index in [0.29, 0.717) is 31.5 Å². The Kier molecular flexibility index (Phi) is 4.62. The summed E-state index contributed by atoms with van der Waals surface area (Å²) in [6.45, 7) is 0. The third-order valence-electron chi connectivity index (χ3n) is 2.20. The minimum absolute atomic E-state index is 0.182. The Balaban J connectivity index is 2.21. The van der Waals surface area contributed by atoms with Crippen LogP contribution in [0.15, 0.2) is 23.4 Å². The molecule has 2 rings (SSSR count). The molecule has 0 unspecified atom stereocenters. The van der Waals surface area contributed by atoms with Crippen molar-refractivity contribution in [2.75, 3.05) is 5.73 Å². The number of aromatic nitrogens is 2. The van der Waals surface area contributed by atoms with E-state index in [1.165, 1.54) is 17.8 Å². The average molecular weight is 337 g/mol. The molecule has 3 N–H and O–H groups in total. The Morgan fingerprint density at radius 2 is 1.84 bits per heavy atom. The molecule has 0 aliphatic heterocycles. The van der Waals surface area contributed by atoms with Gasteiger partial charge in [-0.3, -0.25) is 0 Å². The summed E-state index contributed by atoms with van der Waals surface area (Å²) in [6.07, 6.45) is 0. The van der Waals surface area contributed by atoms with Crippen molar-refractivity contribution in [3.8, 4) is 5.88 Å². The van der Waals surface area contributed by atoms with Crippen molar-refractivity contribution in [1.82, 2.24) is 9.97 Å². The first kappa shape index (κ1) is 14.5. The van der Waals surface area contributed by atoms with Crippen LogP contribution in [0.1, 0.15) is 5.56 Å². The van der Waals surface area contributed by atoms with Crippen molar-refractivity contribution in [2.45, 2.75) is 10.9 Å². The van der Waals surface area contributed by atoms with Crippen LogP contribution in [0.3, 0.4) is 0 Å². The minimum Gasteiger partial charge on any atom is -0.493 e. The molecule has 4 nitrogen and oxygen atoms in total. The fourth-order valence-electron chi connectivity index (χ4n) is 1.33. The van der Waals surface area contributed by atoms with Gasteiger partial charge in [0.05, 0.1) is 10.0 Å². The van der Waals surface area contributed by atoms with Gasteiger partial charge in [0, 0.05) is 22.4 Å². The molecule has 100 valence electrons. The number of halogens is 3. The van der Waals surface area contributed by atoms with Crippen LogP contribution in [0.2, 0.25) is 15.1 Å². The molecule has 0 bridgehead atoms. The van der Waals surface area contributed by atoms with Crippen LogP contribution in [0, 0.1) is 0 Å². The molecule has 1 aromatic heterocycles. The Hall–Kier alpha value is -0.880. The lowest BCUT2D eigenvalue weighted by Gasteiger charge is -2.08. The third kappa shape index (κ3) is 3.57. The number of thioether (sulfide) groups is 1. The van der Waals surface area contributed by atoms with Gasteiger partial charge in [0.2, 0.25) is 5.88 Å². The number of hydrogen-bond acceptors (Lipinski definition) is 5. The molecule has 0 atom stereocenters. The highest BCUT2D eigenvalue weighted by Gasteiger charge is 2.11. The molecule has 0 fully saturated rings. The van der Waals surface area contributed by atoms with E-state index in [1.807, 2.05) is 0 Å². The van der Waals surface area contributed by atoms with Crippen molar-refractivity contribution < 1.29 is 5.11 Å². The van der Waals surface area contributed by atoms with E-state index in [4.69, 9.17) is 40.5 Å². The number of rotatable bonds is 3. The summed E-state index contributed by atoms with van der Waals surface area (Å²) in [5.74, 6) is 0.428. The van der Waals surface area contributed by atoms with E-state index in [-0.39, 0.29) is 11.7 Å². The standard InChI is InChI=1S/C11H8Cl3N3OS/c12-6-1-2-7(13)10(14)5(6)4-19-11-16-8(15)3-9(18)17-11/h1-3H,4H2,(H3,15,16,17,18). The van der Waals surface area contributed by atoms with Crippen LogP contribution in [-0.2, 0) is 5.75 Å². The Bertz CT molecular complexity index is 604. The number of aromatic hydroxyl groups is 1. The zero-order chi connectivity index (χ0) is 14.0. The number of nitrogens with two attached hydrogens (primary N) is 1. The average Bonchev–Trinajstić information content (AvgIpc) is 2.33. The summed E-state index contributed by atoms with van der Waals surface area (Å²) in [6, 6.07) is 4.57. The molecule has 0 saturated carbocycles. The smallest absolute Gasteiger partial charge is 0.216 e. The highest BCUT2D eigenvalue weighted by atomic mass is 35.5. The normalized spacial score (nSPS) is 10.7. The van der Waals surface area contributed by atoms with Crippen LogP contribution in [0.4, 0.5) is 5.82 Å². The zero-order valence-electron chi connectivity index (χ0n) is 9.40. The van der Waals surface area contributed by atoms with Crippen molar-refractivity contribution in [2.24, 2.45) is 0 Å². The third-order valence-corrected chi connectivity index (χ3v) is 4.27. The van der Waals surface area contributed by atoms with Crippen LogP contribution in [0.5, 0.6) is 5.88 Å².